The topological polar surface area (TPSA) is 91.8 Å². The van der Waals surface area contributed by atoms with Gasteiger partial charge in [-0.15, -0.1) is 6.58 Å². The minimum atomic E-state index is -1.58. The average Bonchev–Trinajstić information content (AvgIpc) is 2.46. The van der Waals surface area contributed by atoms with Crippen molar-refractivity contribution in [2.75, 3.05) is 7.11 Å². The SMILES string of the molecule is C=CC(NS(=O)c1ccc(C)cc1)C(=[N+]=[N-])C(=O)OC. The van der Waals surface area contributed by atoms with E-state index in [1.54, 1.807) is 12.1 Å². The molecule has 2 atom stereocenters. The monoisotopic (exact) mass is 293 g/mol. The van der Waals surface area contributed by atoms with Gasteiger partial charge in [0, 0.05) is 0 Å². The smallest absolute Gasteiger partial charge is 0.418 e. The normalized spacial score (nSPS) is 12.9. The standard InChI is InChI=1S/C13H15N3O3S/c1-4-11(12(15-14)13(17)19-3)16-20(18)10-7-5-9(2)6-8-10/h4-8,11,16H,1H2,2-3H3. The number of benzene rings is 1. The largest absolute Gasteiger partial charge is 0.460 e. The zero-order valence-electron chi connectivity index (χ0n) is 11.2. The first-order valence-electron chi connectivity index (χ1n) is 5.71. The number of nitrogens with one attached hydrogen (secondary N) is 1. The Hall–Kier alpha value is -2.08. The van der Waals surface area contributed by atoms with Crippen LogP contribution in [0.25, 0.3) is 5.53 Å². The molecule has 106 valence electrons. The highest BCUT2D eigenvalue weighted by Crippen LogP contribution is 2.07. The van der Waals surface area contributed by atoms with Crippen molar-refractivity contribution in [1.82, 2.24) is 4.72 Å². The minimum absolute atomic E-state index is 0.317. The third kappa shape index (κ3) is 3.96. The number of carbonyl (C=O) groups is 1. The summed E-state index contributed by atoms with van der Waals surface area (Å²) < 4.78 is 19.2. The molecule has 0 saturated carbocycles. The molecular weight excluding hydrogens is 278 g/mol. The summed E-state index contributed by atoms with van der Waals surface area (Å²) in [7, 11) is -0.426. The maximum Gasteiger partial charge on any atom is 0.418 e. The molecule has 0 heterocycles. The molecule has 1 N–H and O–H groups in total. The number of carbonyl (C=O) groups excluding carboxylic acids is 1. The van der Waals surface area contributed by atoms with E-state index in [0.29, 0.717) is 4.90 Å². The van der Waals surface area contributed by atoms with Gasteiger partial charge >= 0.3 is 11.7 Å². The van der Waals surface area contributed by atoms with E-state index in [9.17, 15) is 9.00 Å². The molecule has 0 saturated heterocycles. The number of hydrogen-bond acceptors (Lipinski definition) is 3. The Kier molecular flexibility index (Phi) is 5.99. The van der Waals surface area contributed by atoms with E-state index in [-0.39, 0.29) is 5.71 Å². The van der Waals surface area contributed by atoms with Crippen LogP contribution in [0.1, 0.15) is 5.56 Å². The van der Waals surface area contributed by atoms with E-state index in [4.69, 9.17) is 5.53 Å². The molecule has 0 spiro atoms. The third-order valence-corrected chi connectivity index (χ3v) is 3.67. The van der Waals surface area contributed by atoms with Crippen molar-refractivity contribution < 1.29 is 18.5 Å². The Balaban J connectivity index is 2.91. The summed E-state index contributed by atoms with van der Waals surface area (Å²) in [4.78, 5) is 14.8. The predicted molar refractivity (Wildman–Crippen MR) is 75.4 cm³/mol. The van der Waals surface area contributed by atoms with Crippen LogP contribution in [-0.2, 0) is 20.5 Å². The molecule has 0 fully saturated rings. The van der Waals surface area contributed by atoms with Gasteiger partial charge < -0.3 is 10.3 Å². The quantitative estimate of drug-likeness (QED) is 0.279. The lowest BCUT2D eigenvalue weighted by atomic mass is 10.2. The van der Waals surface area contributed by atoms with E-state index >= 15 is 0 Å². The van der Waals surface area contributed by atoms with Gasteiger partial charge in [-0.25, -0.2) is 13.7 Å². The summed E-state index contributed by atoms with van der Waals surface area (Å²) in [6.45, 7) is 5.43. The van der Waals surface area contributed by atoms with Gasteiger partial charge in [0.25, 0.3) is 0 Å². The second kappa shape index (κ2) is 7.49. The van der Waals surface area contributed by atoms with Gasteiger partial charge in [0.15, 0.2) is 0 Å². The van der Waals surface area contributed by atoms with Crippen LogP contribution in [0.5, 0.6) is 0 Å². The summed E-state index contributed by atoms with van der Waals surface area (Å²) >= 11 is 0. The van der Waals surface area contributed by atoms with Crippen LogP contribution in [0, 0.1) is 6.92 Å². The summed E-state index contributed by atoms with van der Waals surface area (Å²) in [6.07, 6.45) is 1.30. The Bertz CT molecular complexity index is 577. The molecule has 2 unspecified atom stereocenters. The molecule has 6 nitrogen and oxygen atoms in total. The van der Waals surface area contributed by atoms with Crippen molar-refractivity contribution in [2.24, 2.45) is 0 Å². The molecular formula is C13H15N3O3S. The molecule has 20 heavy (non-hydrogen) atoms. The van der Waals surface area contributed by atoms with Gasteiger partial charge in [0.05, 0.1) is 12.0 Å². The first-order chi connectivity index (χ1) is 9.53. The van der Waals surface area contributed by atoms with Crippen molar-refractivity contribution in [2.45, 2.75) is 17.9 Å². The van der Waals surface area contributed by atoms with Crippen molar-refractivity contribution in [3.8, 4) is 0 Å². The van der Waals surface area contributed by atoms with Gasteiger partial charge in [0.1, 0.15) is 17.0 Å². The third-order valence-electron chi connectivity index (χ3n) is 2.50. The highest BCUT2D eigenvalue weighted by Gasteiger charge is 2.31. The molecule has 1 aromatic rings. The Labute approximate surface area is 119 Å². The Morgan fingerprint density at radius 3 is 2.55 bits per heavy atom. The van der Waals surface area contributed by atoms with E-state index < -0.39 is 23.0 Å². The van der Waals surface area contributed by atoms with Crippen molar-refractivity contribution in [3.05, 3.63) is 48.0 Å². The summed E-state index contributed by atoms with van der Waals surface area (Å²) in [5, 5.41) is 0. The number of nitrogens with zero attached hydrogens (tertiary/aromatic N) is 2. The lowest BCUT2D eigenvalue weighted by molar-refractivity contribution is -0.137. The molecule has 0 aliphatic heterocycles. The predicted octanol–water partition coefficient (Wildman–Crippen LogP) is 1.01. The van der Waals surface area contributed by atoms with E-state index in [1.165, 1.54) is 6.08 Å². The maximum absolute atomic E-state index is 12.1. The Morgan fingerprint density at radius 1 is 1.50 bits per heavy atom. The lowest BCUT2D eigenvalue weighted by Gasteiger charge is -2.09. The molecule has 0 bridgehead atoms. The van der Waals surface area contributed by atoms with Crippen molar-refractivity contribution in [1.29, 1.82) is 0 Å². The number of rotatable bonds is 6. The van der Waals surface area contributed by atoms with Crippen LogP contribution in [-0.4, -0.2) is 33.8 Å². The molecule has 1 rings (SSSR count). The fourth-order valence-corrected chi connectivity index (χ4v) is 2.35. The second-order valence-electron chi connectivity index (χ2n) is 3.89. The zero-order chi connectivity index (χ0) is 15.1. The summed E-state index contributed by atoms with van der Waals surface area (Å²) in [5.74, 6) is -0.828. The van der Waals surface area contributed by atoms with Crippen LogP contribution >= 0.6 is 0 Å². The van der Waals surface area contributed by atoms with Gasteiger partial charge in [-0.1, -0.05) is 23.8 Å². The molecule has 0 aromatic heterocycles. The highest BCUT2D eigenvalue weighted by molar-refractivity contribution is 7.83. The maximum atomic E-state index is 12.1. The molecule has 7 heteroatoms. The zero-order valence-corrected chi connectivity index (χ0v) is 12.0. The van der Waals surface area contributed by atoms with Crippen molar-refractivity contribution in [3.63, 3.8) is 0 Å². The molecule has 0 aliphatic carbocycles. The van der Waals surface area contributed by atoms with Crippen LogP contribution in [0.3, 0.4) is 0 Å². The molecule has 1 aromatic carbocycles. The molecule has 0 radical (unpaired) electrons. The van der Waals surface area contributed by atoms with Crippen LogP contribution in [0.4, 0.5) is 0 Å². The van der Waals surface area contributed by atoms with Crippen molar-refractivity contribution >= 4 is 22.7 Å². The fraction of sp³-hybridized carbons (Fsp3) is 0.231. The number of esters is 1. The minimum Gasteiger partial charge on any atom is -0.460 e. The van der Waals surface area contributed by atoms with Gasteiger partial charge in [-0.2, -0.15) is 4.79 Å². The average molecular weight is 293 g/mol. The van der Waals surface area contributed by atoms with E-state index in [2.05, 4.69) is 20.8 Å². The summed E-state index contributed by atoms with van der Waals surface area (Å²) in [6, 6.07) is 6.15. The van der Waals surface area contributed by atoms with Crippen LogP contribution < -0.4 is 4.72 Å². The lowest BCUT2D eigenvalue weighted by Crippen LogP contribution is -2.41. The van der Waals surface area contributed by atoms with Gasteiger partial charge in [0.2, 0.25) is 0 Å². The first-order valence-corrected chi connectivity index (χ1v) is 6.86. The second-order valence-corrected chi connectivity index (χ2v) is 5.13. The molecule has 0 amide bonds. The number of methoxy groups -OCH3 is 1. The van der Waals surface area contributed by atoms with Crippen LogP contribution in [0.15, 0.2) is 41.8 Å². The Morgan fingerprint density at radius 2 is 2.10 bits per heavy atom. The number of hydrogen-bond donors (Lipinski definition) is 1. The van der Waals surface area contributed by atoms with Crippen LogP contribution in [0.2, 0.25) is 0 Å². The molecule has 0 aliphatic rings. The summed E-state index contributed by atoms with van der Waals surface area (Å²) in [5.41, 5.74) is 9.57. The number of ether oxygens (including phenoxy) is 1. The van der Waals surface area contributed by atoms with E-state index in [1.807, 2.05) is 19.1 Å². The van der Waals surface area contributed by atoms with Gasteiger partial charge in [-0.05, 0) is 19.1 Å². The highest BCUT2D eigenvalue weighted by atomic mass is 32.2. The first kappa shape index (κ1) is 16.0. The van der Waals surface area contributed by atoms with E-state index in [0.717, 1.165) is 12.7 Å². The fourth-order valence-electron chi connectivity index (χ4n) is 1.40. The number of aryl methyl sites for hydroxylation is 1. The van der Waals surface area contributed by atoms with Gasteiger partial charge in [-0.3, -0.25) is 0 Å².